The Hall–Kier alpha value is -0.570. The van der Waals surface area contributed by atoms with Gasteiger partial charge in [-0.15, -0.1) is 0 Å². The minimum Gasteiger partial charge on any atom is -0.459 e. The average Bonchev–Trinajstić information content (AvgIpc) is 2.55. The van der Waals surface area contributed by atoms with Crippen LogP contribution in [-0.4, -0.2) is 33.2 Å². The summed E-state index contributed by atoms with van der Waals surface area (Å²) in [4.78, 5) is 13.9. The smallest absolute Gasteiger partial charge is 0.312 e. The molecule has 3 nitrogen and oxygen atoms in total. The van der Waals surface area contributed by atoms with Gasteiger partial charge in [0.05, 0.1) is 19.5 Å². The first-order valence-electron chi connectivity index (χ1n) is 8.04. The average molecular weight is 266 g/mol. The van der Waals surface area contributed by atoms with Crippen LogP contribution in [0.1, 0.15) is 44.9 Å². The molecule has 0 spiro atoms. The zero-order chi connectivity index (χ0) is 13.5. The summed E-state index contributed by atoms with van der Waals surface area (Å²) >= 11 is 0. The van der Waals surface area contributed by atoms with Gasteiger partial charge in [0.2, 0.25) is 0 Å². The molecule has 0 aliphatic heterocycles. The van der Waals surface area contributed by atoms with Gasteiger partial charge in [-0.25, -0.2) is 0 Å². The van der Waals surface area contributed by atoms with Gasteiger partial charge in [-0.05, 0) is 49.9 Å². The van der Waals surface area contributed by atoms with Crippen molar-refractivity contribution >= 4 is 5.97 Å². The second-order valence-electron chi connectivity index (χ2n) is 7.63. The summed E-state index contributed by atoms with van der Waals surface area (Å²) in [6, 6.07) is 0. The molecule has 4 aliphatic rings. The summed E-state index contributed by atoms with van der Waals surface area (Å²) in [5.74, 6) is 2.55. The predicted molar refractivity (Wildman–Crippen MR) is 73.9 cm³/mol. The zero-order valence-electron chi connectivity index (χ0n) is 12.4. The quantitative estimate of drug-likeness (QED) is 0.777. The second kappa shape index (κ2) is 5.08. The molecule has 0 heterocycles. The van der Waals surface area contributed by atoms with Crippen molar-refractivity contribution in [2.24, 2.45) is 23.2 Å². The Kier molecular flexibility index (Phi) is 3.59. The van der Waals surface area contributed by atoms with Crippen molar-refractivity contribution in [3.63, 3.8) is 0 Å². The minimum absolute atomic E-state index is 0.0886. The Morgan fingerprint density at radius 3 is 2.26 bits per heavy atom. The van der Waals surface area contributed by atoms with Crippen molar-refractivity contribution in [2.75, 3.05) is 27.2 Å². The van der Waals surface area contributed by atoms with Crippen molar-refractivity contribution in [2.45, 2.75) is 44.9 Å². The largest absolute Gasteiger partial charge is 0.459 e. The molecule has 108 valence electrons. The molecule has 4 aliphatic carbocycles. The van der Waals surface area contributed by atoms with E-state index >= 15 is 0 Å². The molecule has 0 aromatic heterocycles. The minimum atomic E-state index is -0.0886. The molecule has 2 atom stereocenters. The SMILES string of the molecule is C[NH+](C)CCOC(=O)C12CC3CCC(CC(C3)C1)C2. The summed E-state index contributed by atoms with van der Waals surface area (Å²) in [7, 11) is 4.20. The maximum Gasteiger partial charge on any atom is 0.312 e. The van der Waals surface area contributed by atoms with Crippen LogP contribution in [0.3, 0.4) is 0 Å². The van der Waals surface area contributed by atoms with E-state index in [2.05, 4.69) is 14.1 Å². The van der Waals surface area contributed by atoms with Gasteiger partial charge in [0, 0.05) is 0 Å². The van der Waals surface area contributed by atoms with Crippen molar-refractivity contribution in [1.29, 1.82) is 0 Å². The molecule has 0 aromatic carbocycles. The number of carbonyl (C=O) groups excluding carboxylic acids is 1. The number of ether oxygens (including phenoxy) is 1. The number of hydrogen-bond donors (Lipinski definition) is 1. The van der Waals surface area contributed by atoms with E-state index in [9.17, 15) is 4.79 Å². The topological polar surface area (TPSA) is 30.7 Å². The fraction of sp³-hybridized carbons (Fsp3) is 0.938. The lowest BCUT2D eigenvalue weighted by Crippen LogP contribution is -3.06. The molecule has 0 radical (unpaired) electrons. The number of rotatable bonds is 4. The second-order valence-corrected chi connectivity index (χ2v) is 7.63. The maximum atomic E-state index is 12.6. The molecule has 4 bridgehead atoms. The van der Waals surface area contributed by atoms with Crippen molar-refractivity contribution in [3.8, 4) is 0 Å². The van der Waals surface area contributed by atoms with E-state index < -0.39 is 0 Å². The Morgan fingerprint density at radius 1 is 1.11 bits per heavy atom. The number of likely N-dealkylation sites (N-methyl/N-ethyl adjacent to an activating group) is 1. The lowest BCUT2D eigenvalue weighted by atomic mass is 9.58. The molecule has 2 unspecified atom stereocenters. The van der Waals surface area contributed by atoms with Gasteiger partial charge >= 0.3 is 5.97 Å². The number of hydrogen-bond acceptors (Lipinski definition) is 2. The van der Waals surface area contributed by atoms with Gasteiger partial charge in [-0.2, -0.15) is 0 Å². The lowest BCUT2D eigenvalue weighted by Gasteiger charge is -2.46. The van der Waals surface area contributed by atoms with Gasteiger partial charge in [-0.3, -0.25) is 4.79 Å². The van der Waals surface area contributed by atoms with Gasteiger partial charge < -0.3 is 9.64 Å². The molecular weight excluding hydrogens is 238 g/mol. The van der Waals surface area contributed by atoms with Crippen LogP contribution in [0.2, 0.25) is 0 Å². The number of esters is 1. The van der Waals surface area contributed by atoms with Gasteiger partial charge in [-0.1, -0.05) is 12.8 Å². The Balaban J connectivity index is 1.67. The first kappa shape index (κ1) is 13.4. The lowest BCUT2D eigenvalue weighted by molar-refractivity contribution is -0.858. The standard InChI is InChI=1S/C16H27NO2/c1-17(2)5-6-19-15(18)16-9-12-3-4-13(10-16)8-14(7-12)11-16/h12-14H,3-11H2,1-2H3/p+1. The van der Waals surface area contributed by atoms with E-state index in [1.54, 1.807) is 0 Å². The Morgan fingerprint density at radius 2 is 1.68 bits per heavy atom. The van der Waals surface area contributed by atoms with Gasteiger partial charge in [0.15, 0.2) is 0 Å². The summed E-state index contributed by atoms with van der Waals surface area (Å²) in [5.41, 5.74) is -0.0886. The summed E-state index contributed by atoms with van der Waals surface area (Å²) < 4.78 is 5.63. The number of fused-ring (bicyclic) bond motifs is 1. The van der Waals surface area contributed by atoms with Crippen LogP contribution < -0.4 is 4.90 Å². The molecule has 3 heteroatoms. The van der Waals surface area contributed by atoms with Gasteiger partial charge in [0.25, 0.3) is 0 Å². The molecule has 19 heavy (non-hydrogen) atoms. The third kappa shape index (κ3) is 2.67. The highest BCUT2D eigenvalue weighted by atomic mass is 16.5. The molecule has 1 N–H and O–H groups in total. The van der Waals surface area contributed by atoms with Crippen molar-refractivity contribution in [1.82, 2.24) is 0 Å². The third-order valence-electron chi connectivity index (χ3n) is 5.62. The maximum absolute atomic E-state index is 12.6. The normalized spacial score (nSPS) is 40.5. The van der Waals surface area contributed by atoms with Crippen molar-refractivity contribution in [3.05, 3.63) is 0 Å². The van der Waals surface area contributed by atoms with E-state index in [1.165, 1.54) is 30.6 Å². The number of carbonyl (C=O) groups is 1. The molecule has 4 rings (SSSR count). The molecular formula is C16H28NO2+. The predicted octanol–water partition coefficient (Wildman–Crippen LogP) is 1.28. The Labute approximate surface area is 116 Å². The van der Waals surface area contributed by atoms with Crippen molar-refractivity contribution < 1.29 is 14.4 Å². The summed E-state index contributed by atoms with van der Waals surface area (Å²) in [6.45, 7) is 1.50. The van der Waals surface area contributed by atoms with Crippen LogP contribution >= 0.6 is 0 Å². The third-order valence-corrected chi connectivity index (χ3v) is 5.62. The molecule has 4 saturated carbocycles. The van der Waals surface area contributed by atoms with Crippen LogP contribution in [0.25, 0.3) is 0 Å². The van der Waals surface area contributed by atoms with Crippen LogP contribution in [0.5, 0.6) is 0 Å². The van der Waals surface area contributed by atoms with E-state index in [0.717, 1.165) is 43.6 Å². The summed E-state index contributed by atoms with van der Waals surface area (Å²) in [5, 5.41) is 0. The molecule has 0 saturated heterocycles. The van der Waals surface area contributed by atoms with E-state index in [1.807, 2.05) is 0 Å². The highest BCUT2D eigenvalue weighted by molar-refractivity contribution is 5.77. The van der Waals surface area contributed by atoms with Crippen LogP contribution in [0.15, 0.2) is 0 Å². The monoisotopic (exact) mass is 266 g/mol. The van der Waals surface area contributed by atoms with E-state index in [-0.39, 0.29) is 11.4 Å². The van der Waals surface area contributed by atoms with E-state index in [4.69, 9.17) is 4.74 Å². The number of quaternary nitrogens is 1. The Bertz CT molecular complexity index is 337. The van der Waals surface area contributed by atoms with Crippen LogP contribution in [0, 0.1) is 23.2 Å². The first-order valence-corrected chi connectivity index (χ1v) is 8.04. The van der Waals surface area contributed by atoms with Crippen LogP contribution in [0.4, 0.5) is 0 Å². The van der Waals surface area contributed by atoms with Crippen LogP contribution in [-0.2, 0) is 9.53 Å². The highest BCUT2D eigenvalue weighted by Gasteiger charge is 2.53. The number of nitrogens with one attached hydrogen (secondary N) is 1. The van der Waals surface area contributed by atoms with Gasteiger partial charge in [0.1, 0.15) is 13.2 Å². The fourth-order valence-corrected chi connectivity index (χ4v) is 4.94. The van der Waals surface area contributed by atoms with E-state index in [0.29, 0.717) is 6.61 Å². The molecule has 0 aromatic rings. The molecule has 0 amide bonds. The molecule has 4 fully saturated rings. The highest BCUT2D eigenvalue weighted by Crippen LogP contribution is 2.58. The first-order chi connectivity index (χ1) is 9.07. The fourth-order valence-electron chi connectivity index (χ4n) is 4.94. The summed E-state index contributed by atoms with van der Waals surface area (Å²) in [6.07, 6.45) is 8.84. The zero-order valence-corrected chi connectivity index (χ0v) is 12.4.